The number of carbonyl (C=O) groups is 1. The molecule has 33 heavy (non-hydrogen) atoms. The van der Waals surface area contributed by atoms with E-state index in [-0.39, 0.29) is 15.9 Å². The molecule has 2 aromatic carbocycles. The summed E-state index contributed by atoms with van der Waals surface area (Å²) in [5.41, 5.74) is 1.01. The predicted molar refractivity (Wildman–Crippen MR) is 137 cm³/mol. The van der Waals surface area contributed by atoms with E-state index in [1.807, 2.05) is 6.92 Å². The Morgan fingerprint density at radius 1 is 1.09 bits per heavy atom. The topological polar surface area (TPSA) is 87.7 Å². The van der Waals surface area contributed by atoms with Crippen LogP contribution < -0.4 is 15.4 Å². The summed E-state index contributed by atoms with van der Waals surface area (Å²) in [5.74, 6) is 0.305. The van der Waals surface area contributed by atoms with Gasteiger partial charge in [-0.05, 0) is 89.9 Å². The molecule has 2 aromatic rings. The van der Waals surface area contributed by atoms with Crippen molar-refractivity contribution in [3.63, 3.8) is 0 Å². The van der Waals surface area contributed by atoms with Gasteiger partial charge >= 0.3 is 0 Å². The number of ether oxygens (including phenoxy) is 1. The molecule has 0 spiro atoms. The first-order chi connectivity index (χ1) is 15.8. The Morgan fingerprint density at radius 3 is 2.36 bits per heavy atom. The van der Waals surface area contributed by atoms with Crippen molar-refractivity contribution in [2.24, 2.45) is 0 Å². The molecule has 1 fully saturated rings. The SMILES string of the molecule is CCCOc1ccc(C(=O)NC(=S)Nc2ccc(S(=O)(=O)N3CCCCCC3)cc2)cc1Br. The molecular weight excluding hydrogens is 526 g/mol. The van der Waals surface area contributed by atoms with E-state index in [9.17, 15) is 13.2 Å². The van der Waals surface area contributed by atoms with Gasteiger partial charge in [0, 0.05) is 24.3 Å². The van der Waals surface area contributed by atoms with Crippen molar-refractivity contribution in [3.8, 4) is 5.75 Å². The first-order valence-electron chi connectivity index (χ1n) is 11.0. The van der Waals surface area contributed by atoms with Crippen molar-refractivity contribution in [1.82, 2.24) is 9.62 Å². The van der Waals surface area contributed by atoms with Crippen LogP contribution in [0.3, 0.4) is 0 Å². The van der Waals surface area contributed by atoms with Crippen LogP contribution in [0.25, 0.3) is 0 Å². The molecule has 0 radical (unpaired) electrons. The van der Waals surface area contributed by atoms with Crippen molar-refractivity contribution < 1.29 is 17.9 Å². The molecule has 0 saturated carbocycles. The van der Waals surface area contributed by atoms with Crippen molar-refractivity contribution in [1.29, 1.82) is 0 Å². The van der Waals surface area contributed by atoms with Gasteiger partial charge in [0.2, 0.25) is 10.0 Å². The maximum atomic E-state index is 12.9. The average molecular weight is 555 g/mol. The fraction of sp³-hybridized carbons (Fsp3) is 0.391. The van der Waals surface area contributed by atoms with E-state index in [0.717, 1.165) is 32.1 Å². The summed E-state index contributed by atoms with van der Waals surface area (Å²) < 4.78 is 33.6. The second-order valence-electron chi connectivity index (χ2n) is 7.74. The number of rotatable bonds is 7. The summed E-state index contributed by atoms with van der Waals surface area (Å²) in [6, 6.07) is 11.5. The van der Waals surface area contributed by atoms with Gasteiger partial charge < -0.3 is 10.1 Å². The van der Waals surface area contributed by atoms with Crippen LogP contribution in [0.4, 0.5) is 5.69 Å². The maximum absolute atomic E-state index is 12.9. The highest BCUT2D eigenvalue weighted by Gasteiger charge is 2.25. The number of nitrogens with one attached hydrogen (secondary N) is 2. The zero-order chi connectivity index (χ0) is 23.8. The third kappa shape index (κ3) is 6.99. The molecule has 7 nitrogen and oxygen atoms in total. The standard InChI is InChI=1S/C23H28BrN3O4S2/c1-2-15-31-21-12-7-17(16-20(21)24)22(28)26-23(32)25-18-8-10-19(11-9-18)33(29,30)27-13-5-3-4-6-14-27/h7-12,16H,2-6,13-15H2,1H3,(H2,25,26,28,32). The Balaban J connectivity index is 1.59. The van der Waals surface area contributed by atoms with E-state index in [4.69, 9.17) is 17.0 Å². The fourth-order valence-corrected chi connectivity index (χ4v) is 5.67. The number of sulfonamides is 1. The number of anilines is 1. The van der Waals surface area contributed by atoms with Crippen LogP contribution in [0.2, 0.25) is 0 Å². The molecule has 0 aromatic heterocycles. The Labute approximate surface area is 209 Å². The number of benzene rings is 2. The zero-order valence-electron chi connectivity index (χ0n) is 18.5. The molecular formula is C23H28BrN3O4S2. The van der Waals surface area contributed by atoms with Gasteiger partial charge in [0.1, 0.15) is 5.75 Å². The fourth-order valence-electron chi connectivity index (χ4n) is 3.45. The second-order valence-corrected chi connectivity index (χ2v) is 10.9. The lowest BCUT2D eigenvalue weighted by Gasteiger charge is -2.20. The molecule has 1 aliphatic rings. The second kappa shape index (κ2) is 11.9. The van der Waals surface area contributed by atoms with Gasteiger partial charge in [0.25, 0.3) is 5.91 Å². The van der Waals surface area contributed by atoms with Crippen LogP contribution in [-0.4, -0.2) is 43.4 Å². The van der Waals surface area contributed by atoms with Gasteiger partial charge in [-0.15, -0.1) is 0 Å². The van der Waals surface area contributed by atoms with E-state index in [1.165, 1.54) is 0 Å². The summed E-state index contributed by atoms with van der Waals surface area (Å²) in [7, 11) is -3.51. The lowest BCUT2D eigenvalue weighted by molar-refractivity contribution is 0.0977. The third-order valence-corrected chi connectivity index (χ3v) is 7.93. The molecule has 1 aliphatic heterocycles. The monoisotopic (exact) mass is 553 g/mol. The lowest BCUT2D eigenvalue weighted by atomic mass is 10.2. The van der Waals surface area contributed by atoms with E-state index in [1.54, 1.807) is 46.8 Å². The normalized spacial score (nSPS) is 14.8. The predicted octanol–water partition coefficient (Wildman–Crippen LogP) is 4.93. The van der Waals surface area contributed by atoms with Crippen molar-refractivity contribution >= 4 is 54.9 Å². The van der Waals surface area contributed by atoms with E-state index >= 15 is 0 Å². The minimum atomic E-state index is -3.51. The summed E-state index contributed by atoms with van der Waals surface area (Å²) in [4.78, 5) is 12.8. The summed E-state index contributed by atoms with van der Waals surface area (Å²) in [6.07, 6.45) is 4.78. The summed E-state index contributed by atoms with van der Waals surface area (Å²) in [5, 5.41) is 5.67. The van der Waals surface area contributed by atoms with Crippen LogP contribution in [-0.2, 0) is 10.0 Å². The molecule has 3 rings (SSSR count). The summed E-state index contributed by atoms with van der Waals surface area (Å²) >= 11 is 8.66. The first kappa shape index (κ1) is 25.6. The lowest BCUT2D eigenvalue weighted by Crippen LogP contribution is -2.34. The number of hydrogen-bond donors (Lipinski definition) is 2. The van der Waals surface area contributed by atoms with Gasteiger partial charge in [-0.25, -0.2) is 8.42 Å². The minimum Gasteiger partial charge on any atom is -0.492 e. The Bertz CT molecular complexity index is 1080. The van der Waals surface area contributed by atoms with Crippen molar-refractivity contribution in [2.75, 3.05) is 25.0 Å². The number of thiocarbonyl (C=S) groups is 1. The molecule has 0 unspecified atom stereocenters. The van der Waals surface area contributed by atoms with Gasteiger partial charge in [-0.2, -0.15) is 4.31 Å². The van der Waals surface area contributed by atoms with Gasteiger partial charge in [0.05, 0.1) is 16.0 Å². The van der Waals surface area contributed by atoms with E-state index in [0.29, 0.717) is 41.2 Å². The van der Waals surface area contributed by atoms with Crippen LogP contribution in [0.5, 0.6) is 5.75 Å². The largest absolute Gasteiger partial charge is 0.492 e. The molecule has 178 valence electrons. The smallest absolute Gasteiger partial charge is 0.257 e. The minimum absolute atomic E-state index is 0.116. The molecule has 1 saturated heterocycles. The van der Waals surface area contributed by atoms with Gasteiger partial charge in [-0.1, -0.05) is 19.8 Å². The number of halogens is 1. The average Bonchev–Trinajstić information content (AvgIpc) is 3.09. The molecule has 2 N–H and O–H groups in total. The van der Waals surface area contributed by atoms with Crippen LogP contribution in [0, 0.1) is 0 Å². The van der Waals surface area contributed by atoms with Gasteiger partial charge in [-0.3, -0.25) is 10.1 Å². The number of nitrogens with zero attached hydrogens (tertiary/aromatic N) is 1. The van der Waals surface area contributed by atoms with Crippen LogP contribution >= 0.6 is 28.1 Å². The van der Waals surface area contributed by atoms with Crippen molar-refractivity contribution in [2.45, 2.75) is 43.9 Å². The molecule has 1 heterocycles. The van der Waals surface area contributed by atoms with Crippen LogP contribution in [0.1, 0.15) is 49.4 Å². The summed E-state index contributed by atoms with van der Waals surface area (Å²) in [6.45, 7) is 3.72. The number of carbonyl (C=O) groups excluding carboxylic acids is 1. The zero-order valence-corrected chi connectivity index (χ0v) is 21.7. The highest BCUT2D eigenvalue weighted by atomic mass is 79.9. The molecule has 0 aliphatic carbocycles. The quantitative estimate of drug-likeness (QED) is 0.472. The van der Waals surface area contributed by atoms with Crippen molar-refractivity contribution in [3.05, 3.63) is 52.5 Å². The Kier molecular flexibility index (Phi) is 9.25. The Hall–Kier alpha value is -2.01. The number of hydrogen-bond acceptors (Lipinski definition) is 5. The molecule has 0 bridgehead atoms. The highest BCUT2D eigenvalue weighted by Crippen LogP contribution is 2.26. The highest BCUT2D eigenvalue weighted by molar-refractivity contribution is 9.10. The van der Waals surface area contributed by atoms with E-state index < -0.39 is 10.0 Å². The van der Waals surface area contributed by atoms with Crippen LogP contribution in [0.15, 0.2) is 51.8 Å². The third-order valence-electron chi connectivity index (χ3n) is 5.20. The molecule has 1 amide bonds. The Morgan fingerprint density at radius 2 is 1.76 bits per heavy atom. The maximum Gasteiger partial charge on any atom is 0.257 e. The first-order valence-corrected chi connectivity index (χ1v) is 13.6. The molecule has 10 heteroatoms. The van der Waals surface area contributed by atoms with Gasteiger partial charge in [0.15, 0.2) is 5.11 Å². The molecule has 0 atom stereocenters. The van der Waals surface area contributed by atoms with E-state index in [2.05, 4.69) is 26.6 Å². The number of amides is 1.